The van der Waals surface area contributed by atoms with Crippen LogP contribution in [-0.4, -0.2) is 62.7 Å². The van der Waals surface area contributed by atoms with Crippen molar-refractivity contribution >= 4 is 5.97 Å². The molecule has 0 N–H and O–H groups in total. The third-order valence-electron chi connectivity index (χ3n) is 3.68. The highest BCUT2D eigenvalue weighted by Crippen LogP contribution is 2.17. The zero-order valence-electron chi connectivity index (χ0n) is 12.3. The lowest BCUT2D eigenvalue weighted by Crippen LogP contribution is -2.38. The van der Waals surface area contributed by atoms with Crippen LogP contribution in [0.2, 0.25) is 0 Å². The Morgan fingerprint density at radius 2 is 2.06 bits per heavy atom. The van der Waals surface area contributed by atoms with Crippen molar-refractivity contribution in [2.24, 2.45) is 11.8 Å². The molecular formula is C14H28N2O2. The van der Waals surface area contributed by atoms with E-state index in [2.05, 4.69) is 23.9 Å². The Kier molecular flexibility index (Phi) is 6.65. The van der Waals surface area contributed by atoms with Crippen LogP contribution in [-0.2, 0) is 9.53 Å². The maximum absolute atomic E-state index is 11.6. The van der Waals surface area contributed by atoms with Crippen LogP contribution < -0.4 is 0 Å². The Balaban J connectivity index is 2.24. The molecule has 18 heavy (non-hydrogen) atoms. The summed E-state index contributed by atoms with van der Waals surface area (Å²) in [5, 5.41) is 0. The first-order valence-corrected chi connectivity index (χ1v) is 7.06. The van der Waals surface area contributed by atoms with Gasteiger partial charge in [0.1, 0.15) is 0 Å². The quantitative estimate of drug-likeness (QED) is 0.674. The Bertz CT molecular complexity index is 250. The van der Waals surface area contributed by atoms with Crippen LogP contribution in [0.25, 0.3) is 0 Å². The fraction of sp³-hybridized carbons (Fsp3) is 0.929. The second-order valence-corrected chi connectivity index (χ2v) is 5.62. The molecule has 1 saturated heterocycles. The molecule has 0 bridgehead atoms. The number of esters is 1. The van der Waals surface area contributed by atoms with Crippen molar-refractivity contribution in [3.63, 3.8) is 0 Å². The van der Waals surface area contributed by atoms with Crippen molar-refractivity contribution in [1.29, 1.82) is 0 Å². The van der Waals surface area contributed by atoms with Crippen molar-refractivity contribution in [3.8, 4) is 0 Å². The number of carbonyl (C=O) groups excluding carboxylic acids is 1. The number of ether oxygens (including phenoxy) is 1. The Labute approximate surface area is 111 Å². The van der Waals surface area contributed by atoms with Gasteiger partial charge in [-0.05, 0) is 52.9 Å². The molecular weight excluding hydrogens is 228 g/mol. The van der Waals surface area contributed by atoms with E-state index >= 15 is 0 Å². The summed E-state index contributed by atoms with van der Waals surface area (Å²) >= 11 is 0. The van der Waals surface area contributed by atoms with Gasteiger partial charge in [-0.2, -0.15) is 0 Å². The molecule has 1 unspecified atom stereocenters. The first-order valence-electron chi connectivity index (χ1n) is 7.06. The average Bonchev–Trinajstić information content (AvgIpc) is 2.32. The molecule has 0 aromatic rings. The van der Waals surface area contributed by atoms with Gasteiger partial charge >= 0.3 is 5.97 Å². The van der Waals surface area contributed by atoms with Gasteiger partial charge in [0.25, 0.3) is 0 Å². The summed E-state index contributed by atoms with van der Waals surface area (Å²) in [4.78, 5) is 16.2. The molecule has 0 amide bonds. The summed E-state index contributed by atoms with van der Waals surface area (Å²) in [6.45, 7) is 8.57. The third kappa shape index (κ3) is 5.36. The summed E-state index contributed by atoms with van der Waals surface area (Å²) in [5.74, 6) is 0.675. The van der Waals surface area contributed by atoms with E-state index in [-0.39, 0.29) is 11.9 Å². The lowest BCUT2D eigenvalue weighted by Gasteiger charge is -2.32. The molecule has 0 aromatic heterocycles. The number of carbonyl (C=O) groups is 1. The highest BCUT2D eigenvalue weighted by Gasteiger charge is 2.21. The van der Waals surface area contributed by atoms with Crippen LogP contribution in [0.4, 0.5) is 0 Å². The number of likely N-dealkylation sites (tertiary alicyclic amines) is 1. The van der Waals surface area contributed by atoms with Crippen LogP contribution in [0.3, 0.4) is 0 Å². The lowest BCUT2D eigenvalue weighted by molar-refractivity contribution is -0.148. The van der Waals surface area contributed by atoms with Gasteiger partial charge in [-0.3, -0.25) is 4.79 Å². The van der Waals surface area contributed by atoms with Crippen LogP contribution in [0.15, 0.2) is 0 Å². The number of hydrogen-bond acceptors (Lipinski definition) is 4. The summed E-state index contributed by atoms with van der Waals surface area (Å²) in [6.07, 6.45) is 2.54. The largest absolute Gasteiger partial charge is 0.466 e. The second kappa shape index (κ2) is 7.74. The zero-order valence-corrected chi connectivity index (χ0v) is 12.3. The lowest BCUT2D eigenvalue weighted by atomic mass is 9.96. The highest BCUT2D eigenvalue weighted by molar-refractivity contribution is 5.72. The molecule has 4 heteroatoms. The van der Waals surface area contributed by atoms with Crippen molar-refractivity contribution in [2.45, 2.75) is 26.7 Å². The van der Waals surface area contributed by atoms with E-state index in [1.807, 2.05) is 13.8 Å². The first-order chi connectivity index (χ1) is 8.52. The molecule has 0 aromatic carbocycles. The molecule has 1 atom stereocenters. The minimum Gasteiger partial charge on any atom is -0.466 e. The molecule has 1 fully saturated rings. The summed E-state index contributed by atoms with van der Waals surface area (Å²) < 4.78 is 5.04. The second-order valence-electron chi connectivity index (χ2n) is 5.62. The van der Waals surface area contributed by atoms with E-state index in [1.54, 1.807) is 0 Å². The fourth-order valence-electron chi connectivity index (χ4n) is 2.59. The molecule has 106 valence electrons. The monoisotopic (exact) mass is 256 g/mol. The minimum absolute atomic E-state index is 0.0267. The van der Waals surface area contributed by atoms with Gasteiger partial charge in [0.15, 0.2) is 0 Å². The van der Waals surface area contributed by atoms with Gasteiger partial charge in [0.05, 0.1) is 12.5 Å². The van der Waals surface area contributed by atoms with Crippen molar-refractivity contribution in [1.82, 2.24) is 9.80 Å². The van der Waals surface area contributed by atoms with Crippen LogP contribution in [0.5, 0.6) is 0 Å². The molecule has 1 rings (SSSR count). The summed E-state index contributed by atoms with van der Waals surface area (Å²) in [7, 11) is 4.29. The Morgan fingerprint density at radius 3 is 2.61 bits per heavy atom. The number of rotatable bonds is 6. The van der Waals surface area contributed by atoms with E-state index in [4.69, 9.17) is 4.74 Å². The standard InChI is InChI=1S/C14H28N2O2/c1-5-18-14(17)12(2)10-16(4)11-13-6-8-15(3)9-7-13/h12-13H,5-11H2,1-4H3. The van der Waals surface area contributed by atoms with Crippen LogP contribution in [0.1, 0.15) is 26.7 Å². The maximum Gasteiger partial charge on any atom is 0.309 e. The van der Waals surface area contributed by atoms with Crippen molar-refractivity contribution in [2.75, 3.05) is 46.9 Å². The number of piperidine rings is 1. The van der Waals surface area contributed by atoms with Crippen molar-refractivity contribution in [3.05, 3.63) is 0 Å². The molecule has 1 aliphatic rings. The average molecular weight is 256 g/mol. The van der Waals surface area contributed by atoms with Gasteiger partial charge in [0, 0.05) is 13.1 Å². The molecule has 4 nitrogen and oxygen atoms in total. The van der Waals surface area contributed by atoms with Gasteiger partial charge in [-0.15, -0.1) is 0 Å². The van der Waals surface area contributed by atoms with E-state index < -0.39 is 0 Å². The molecule has 1 heterocycles. The van der Waals surface area contributed by atoms with Crippen molar-refractivity contribution < 1.29 is 9.53 Å². The van der Waals surface area contributed by atoms with Crippen LogP contribution in [0, 0.1) is 11.8 Å². The Hall–Kier alpha value is -0.610. The minimum atomic E-state index is -0.0762. The molecule has 0 radical (unpaired) electrons. The van der Waals surface area contributed by atoms with E-state index in [0.717, 1.165) is 19.0 Å². The number of nitrogens with zero attached hydrogens (tertiary/aromatic N) is 2. The number of hydrogen-bond donors (Lipinski definition) is 0. The van der Waals surface area contributed by atoms with Gasteiger partial charge < -0.3 is 14.5 Å². The highest BCUT2D eigenvalue weighted by atomic mass is 16.5. The Morgan fingerprint density at radius 1 is 1.44 bits per heavy atom. The normalized spacial score (nSPS) is 20.1. The SMILES string of the molecule is CCOC(=O)C(C)CN(C)CC1CCN(C)CC1. The summed E-state index contributed by atoms with van der Waals surface area (Å²) in [6, 6.07) is 0. The van der Waals surface area contributed by atoms with Gasteiger partial charge in [0.2, 0.25) is 0 Å². The molecule has 1 aliphatic heterocycles. The molecule has 0 saturated carbocycles. The predicted molar refractivity (Wildman–Crippen MR) is 73.5 cm³/mol. The molecule has 0 aliphatic carbocycles. The van der Waals surface area contributed by atoms with E-state index in [9.17, 15) is 4.79 Å². The van der Waals surface area contributed by atoms with E-state index in [0.29, 0.717) is 6.61 Å². The maximum atomic E-state index is 11.6. The topological polar surface area (TPSA) is 32.8 Å². The summed E-state index contributed by atoms with van der Waals surface area (Å²) in [5.41, 5.74) is 0. The third-order valence-corrected chi connectivity index (χ3v) is 3.68. The zero-order chi connectivity index (χ0) is 13.5. The van der Waals surface area contributed by atoms with Gasteiger partial charge in [-0.25, -0.2) is 0 Å². The molecule has 0 spiro atoms. The van der Waals surface area contributed by atoms with Gasteiger partial charge in [-0.1, -0.05) is 6.92 Å². The predicted octanol–water partition coefficient (Wildman–Crippen LogP) is 1.46. The van der Waals surface area contributed by atoms with E-state index in [1.165, 1.54) is 25.9 Å². The fourth-order valence-corrected chi connectivity index (χ4v) is 2.59. The van der Waals surface area contributed by atoms with Crippen LogP contribution >= 0.6 is 0 Å². The smallest absolute Gasteiger partial charge is 0.309 e. The first kappa shape index (κ1) is 15.4.